The Balaban J connectivity index is 1.93. The first-order valence-corrected chi connectivity index (χ1v) is 8.55. The number of hydrogen-bond acceptors (Lipinski definition) is 3. The zero-order valence-electron chi connectivity index (χ0n) is 13.8. The minimum atomic E-state index is -0.463. The number of hydrogen-bond donors (Lipinski definition) is 2. The normalized spacial score (nSPS) is 10.6. The van der Waals surface area contributed by atoms with Crippen molar-refractivity contribution >= 4 is 17.5 Å². The third kappa shape index (κ3) is 5.55. The molecule has 24 heavy (non-hydrogen) atoms. The van der Waals surface area contributed by atoms with E-state index < -0.39 is 5.91 Å². The van der Waals surface area contributed by atoms with Gasteiger partial charge in [0.05, 0.1) is 5.02 Å². The molecule has 0 radical (unpaired) electrons. The molecule has 0 aliphatic heterocycles. The number of primary amides is 1. The molecule has 0 spiro atoms. The topological polar surface area (TPSA) is 64.3 Å². The molecule has 0 saturated heterocycles. The molecule has 0 saturated carbocycles. The second kappa shape index (κ2) is 9.30. The van der Waals surface area contributed by atoms with Crippen LogP contribution >= 0.6 is 11.6 Å². The summed E-state index contributed by atoms with van der Waals surface area (Å²) in [5, 5.41) is 3.96. The van der Waals surface area contributed by atoms with Crippen LogP contribution in [-0.4, -0.2) is 12.5 Å². The molecule has 1 amide bonds. The molecule has 4 nitrogen and oxygen atoms in total. The lowest BCUT2D eigenvalue weighted by Gasteiger charge is -2.10. The lowest BCUT2D eigenvalue weighted by molar-refractivity contribution is 0.100. The van der Waals surface area contributed by atoms with Crippen LogP contribution in [0.15, 0.2) is 42.5 Å². The summed E-state index contributed by atoms with van der Waals surface area (Å²) in [7, 11) is 0. The van der Waals surface area contributed by atoms with E-state index in [4.69, 9.17) is 22.1 Å². The van der Waals surface area contributed by atoms with Crippen LogP contribution < -0.4 is 15.8 Å². The van der Waals surface area contributed by atoms with E-state index in [1.165, 1.54) is 19.3 Å². The van der Waals surface area contributed by atoms with Gasteiger partial charge in [-0.25, -0.2) is 0 Å². The molecule has 128 valence electrons. The Morgan fingerprint density at radius 3 is 2.54 bits per heavy atom. The van der Waals surface area contributed by atoms with Crippen LogP contribution in [0.25, 0.3) is 0 Å². The molecule has 0 heterocycles. The highest BCUT2D eigenvalue weighted by molar-refractivity contribution is 6.32. The van der Waals surface area contributed by atoms with E-state index in [0.29, 0.717) is 22.1 Å². The van der Waals surface area contributed by atoms with Crippen molar-refractivity contribution in [3.8, 4) is 11.5 Å². The Morgan fingerprint density at radius 2 is 1.92 bits per heavy atom. The number of rotatable bonds is 9. The highest BCUT2D eigenvalue weighted by Gasteiger charge is 2.06. The van der Waals surface area contributed by atoms with Crippen molar-refractivity contribution in [1.29, 1.82) is 0 Å². The average molecular weight is 347 g/mol. The number of unbranched alkanes of at least 4 members (excludes halogenated alkanes) is 2. The number of carbonyl (C=O) groups is 1. The Bertz CT molecular complexity index is 672. The third-order valence-corrected chi connectivity index (χ3v) is 3.94. The van der Waals surface area contributed by atoms with Crippen LogP contribution in [0.4, 0.5) is 0 Å². The molecule has 0 aromatic heterocycles. The highest BCUT2D eigenvalue weighted by Crippen LogP contribution is 2.30. The maximum absolute atomic E-state index is 11.1. The zero-order valence-corrected chi connectivity index (χ0v) is 14.6. The number of halogens is 1. The van der Waals surface area contributed by atoms with E-state index in [-0.39, 0.29) is 0 Å². The first-order valence-electron chi connectivity index (χ1n) is 8.17. The van der Waals surface area contributed by atoms with Gasteiger partial charge < -0.3 is 15.8 Å². The molecule has 0 fully saturated rings. The molecule has 5 heteroatoms. The minimum Gasteiger partial charge on any atom is -0.456 e. The van der Waals surface area contributed by atoms with E-state index in [2.05, 4.69) is 12.2 Å². The van der Waals surface area contributed by atoms with Gasteiger partial charge in [-0.05, 0) is 54.9 Å². The summed E-state index contributed by atoms with van der Waals surface area (Å²) in [4.78, 5) is 11.1. The molecule has 0 aliphatic carbocycles. The number of carbonyl (C=O) groups excluding carboxylic acids is 1. The fraction of sp³-hybridized carbons (Fsp3) is 0.316. The summed E-state index contributed by atoms with van der Waals surface area (Å²) in [5.41, 5.74) is 6.78. The summed E-state index contributed by atoms with van der Waals surface area (Å²) in [6, 6.07) is 12.4. The molecule has 0 atom stereocenters. The second-order valence-corrected chi connectivity index (χ2v) is 6.05. The maximum Gasteiger partial charge on any atom is 0.248 e. The summed E-state index contributed by atoms with van der Waals surface area (Å²) in [5.74, 6) is 0.723. The van der Waals surface area contributed by atoms with E-state index in [1.807, 2.05) is 18.2 Å². The van der Waals surface area contributed by atoms with Crippen molar-refractivity contribution in [2.24, 2.45) is 5.73 Å². The summed E-state index contributed by atoms with van der Waals surface area (Å²) in [6.45, 7) is 3.99. The van der Waals surface area contributed by atoms with Gasteiger partial charge in [0.15, 0.2) is 0 Å². The van der Waals surface area contributed by atoms with Gasteiger partial charge in [0.1, 0.15) is 11.5 Å². The van der Waals surface area contributed by atoms with Crippen molar-refractivity contribution in [2.45, 2.75) is 32.7 Å². The van der Waals surface area contributed by atoms with Gasteiger partial charge in [0.2, 0.25) is 5.91 Å². The van der Waals surface area contributed by atoms with Crippen LogP contribution in [0.2, 0.25) is 5.02 Å². The van der Waals surface area contributed by atoms with Crippen LogP contribution in [0.1, 0.15) is 42.1 Å². The van der Waals surface area contributed by atoms with E-state index in [0.717, 1.165) is 18.7 Å². The highest BCUT2D eigenvalue weighted by atomic mass is 35.5. The fourth-order valence-corrected chi connectivity index (χ4v) is 2.53. The van der Waals surface area contributed by atoms with Gasteiger partial charge in [0.25, 0.3) is 0 Å². The Morgan fingerprint density at radius 1 is 1.17 bits per heavy atom. The summed E-state index contributed by atoms with van der Waals surface area (Å²) >= 11 is 6.30. The standard InChI is InChI=1S/C19H23ClN2O2/c1-2-3-4-11-22-13-14-5-10-18(17(20)12-14)24-16-8-6-15(7-9-16)19(21)23/h5-10,12,22H,2-4,11,13H2,1H3,(H2,21,23). The van der Waals surface area contributed by atoms with Crippen molar-refractivity contribution in [1.82, 2.24) is 5.32 Å². The van der Waals surface area contributed by atoms with Crippen molar-refractivity contribution in [3.63, 3.8) is 0 Å². The van der Waals surface area contributed by atoms with Gasteiger partial charge in [-0.3, -0.25) is 4.79 Å². The lowest BCUT2D eigenvalue weighted by Crippen LogP contribution is -2.14. The van der Waals surface area contributed by atoms with Crippen LogP contribution in [0, 0.1) is 0 Å². The second-order valence-electron chi connectivity index (χ2n) is 5.64. The van der Waals surface area contributed by atoms with Crippen molar-refractivity contribution in [2.75, 3.05) is 6.54 Å². The summed E-state index contributed by atoms with van der Waals surface area (Å²) in [6.07, 6.45) is 3.65. The SMILES string of the molecule is CCCCCNCc1ccc(Oc2ccc(C(N)=O)cc2)c(Cl)c1. The molecule has 0 unspecified atom stereocenters. The third-order valence-electron chi connectivity index (χ3n) is 3.65. The van der Waals surface area contributed by atoms with Gasteiger partial charge in [0, 0.05) is 12.1 Å². The number of ether oxygens (including phenoxy) is 1. The van der Waals surface area contributed by atoms with Crippen LogP contribution in [0.5, 0.6) is 11.5 Å². The molecule has 2 aromatic rings. The molecular weight excluding hydrogens is 324 g/mol. The lowest BCUT2D eigenvalue weighted by atomic mass is 10.2. The Kier molecular flexibility index (Phi) is 7.09. The molecule has 2 aromatic carbocycles. The van der Waals surface area contributed by atoms with Gasteiger partial charge in [-0.1, -0.05) is 37.4 Å². The number of amides is 1. The zero-order chi connectivity index (χ0) is 17.4. The Hall–Kier alpha value is -2.04. The predicted octanol–water partition coefficient (Wildman–Crippen LogP) is 4.51. The monoisotopic (exact) mass is 346 g/mol. The summed E-state index contributed by atoms with van der Waals surface area (Å²) < 4.78 is 5.75. The van der Waals surface area contributed by atoms with Crippen LogP contribution in [0.3, 0.4) is 0 Å². The number of nitrogens with two attached hydrogens (primary N) is 1. The minimum absolute atomic E-state index is 0.443. The van der Waals surface area contributed by atoms with E-state index in [1.54, 1.807) is 24.3 Å². The number of benzene rings is 2. The maximum atomic E-state index is 11.1. The first kappa shape index (κ1) is 18.3. The molecule has 0 aliphatic rings. The van der Waals surface area contributed by atoms with Crippen LogP contribution in [-0.2, 0) is 6.54 Å². The Labute approximate surface area is 148 Å². The molecular formula is C19H23ClN2O2. The smallest absolute Gasteiger partial charge is 0.248 e. The quantitative estimate of drug-likeness (QED) is 0.656. The van der Waals surface area contributed by atoms with Gasteiger partial charge in [-0.2, -0.15) is 0 Å². The predicted molar refractivity (Wildman–Crippen MR) is 97.7 cm³/mol. The largest absolute Gasteiger partial charge is 0.456 e. The van der Waals surface area contributed by atoms with Gasteiger partial charge >= 0.3 is 0 Å². The van der Waals surface area contributed by atoms with Crippen molar-refractivity contribution < 1.29 is 9.53 Å². The van der Waals surface area contributed by atoms with E-state index in [9.17, 15) is 4.79 Å². The average Bonchev–Trinajstić information content (AvgIpc) is 2.57. The van der Waals surface area contributed by atoms with Crippen molar-refractivity contribution in [3.05, 3.63) is 58.6 Å². The number of nitrogens with one attached hydrogen (secondary N) is 1. The molecule has 0 bridgehead atoms. The van der Waals surface area contributed by atoms with E-state index >= 15 is 0 Å². The fourth-order valence-electron chi connectivity index (χ4n) is 2.28. The molecule has 2 rings (SSSR count). The van der Waals surface area contributed by atoms with Gasteiger partial charge in [-0.15, -0.1) is 0 Å². The first-order chi connectivity index (χ1) is 11.6. The molecule has 3 N–H and O–H groups in total.